The van der Waals surface area contributed by atoms with Crippen molar-refractivity contribution in [3.8, 4) is 0 Å². The molecule has 0 aliphatic heterocycles. The van der Waals surface area contributed by atoms with Gasteiger partial charge < -0.3 is 15.8 Å². The molecule has 0 rings (SSSR count). The molecule has 0 aliphatic carbocycles. The van der Waals surface area contributed by atoms with E-state index in [1.54, 1.807) is 6.92 Å². The van der Waals surface area contributed by atoms with Gasteiger partial charge in [-0.2, -0.15) is 0 Å². The summed E-state index contributed by atoms with van der Waals surface area (Å²) >= 11 is 0. The Kier molecular flexibility index (Phi) is 10.8. The fourth-order valence-electron chi connectivity index (χ4n) is 0.879. The molecular formula is C10H22IN3O2. The Balaban J connectivity index is 0. The summed E-state index contributed by atoms with van der Waals surface area (Å²) in [6.45, 7) is 7.03. The van der Waals surface area contributed by atoms with Gasteiger partial charge in [-0.15, -0.1) is 24.0 Å². The number of hydrogen-bond donors (Lipinski definition) is 2. The monoisotopic (exact) mass is 343 g/mol. The molecule has 5 nitrogen and oxygen atoms in total. The molecule has 0 fully saturated rings. The third kappa shape index (κ3) is 8.75. The zero-order valence-electron chi connectivity index (χ0n) is 10.3. The number of carbonyl (C=O) groups excluding carboxylic acids is 1. The molecule has 0 radical (unpaired) electrons. The van der Waals surface area contributed by atoms with Crippen LogP contribution < -0.4 is 11.1 Å². The maximum Gasteiger partial charge on any atom is 0.310 e. The average molecular weight is 343 g/mol. The first-order valence-corrected chi connectivity index (χ1v) is 5.09. The van der Waals surface area contributed by atoms with Gasteiger partial charge in [0.05, 0.1) is 13.0 Å². The van der Waals surface area contributed by atoms with Crippen molar-refractivity contribution in [1.29, 1.82) is 0 Å². The second kappa shape index (κ2) is 9.68. The quantitative estimate of drug-likeness (QED) is 0.338. The van der Waals surface area contributed by atoms with Crippen molar-refractivity contribution in [3.63, 3.8) is 0 Å². The van der Waals surface area contributed by atoms with Gasteiger partial charge in [0, 0.05) is 13.1 Å². The van der Waals surface area contributed by atoms with Crippen molar-refractivity contribution in [1.82, 2.24) is 5.32 Å². The van der Waals surface area contributed by atoms with E-state index in [1.165, 1.54) is 7.11 Å². The van der Waals surface area contributed by atoms with E-state index in [9.17, 15) is 4.79 Å². The molecule has 0 heterocycles. The van der Waals surface area contributed by atoms with Gasteiger partial charge in [0.2, 0.25) is 0 Å². The first kappa shape index (κ1) is 17.9. The van der Waals surface area contributed by atoms with Crippen molar-refractivity contribution in [2.75, 3.05) is 20.2 Å². The van der Waals surface area contributed by atoms with Gasteiger partial charge in [-0.1, -0.05) is 20.8 Å². The number of methoxy groups -OCH3 is 1. The molecule has 16 heavy (non-hydrogen) atoms. The van der Waals surface area contributed by atoms with Crippen LogP contribution in [0.2, 0.25) is 0 Å². The Hall–Kier alpha value is -0.530. The van der Waals surface area contributed by atoms with E-state index in [-0.39, 0.29) is 35.9 Å². The SMILES string of the molecule is COC(=O)C(C)CNC(N)=NCC(C)C.I. The lowest BCUT2D eigenvalue weighted by molar-refractivity contribution is -0.144. The Morgan fingerprint density at radius 3 is 2.44 bits per heavy atom. The van der Waals surface area contributed by atoms with Gasteiger partial charge >= 0.3 is 5.97 Å². The molecule has 0 saturated heterocycles. The van der Waals surface area contributed by atoms with E-state index in [2.05, 4.69) is 28.9 Å². The third-order valence-electron chi connectivity index (χ3n) is 1.82. The minimum atomic E-state index is -0.251. The van der Waals surface area contributed by atoms with Crippen LogP contribution in [0.5, 0.6) is 0 Å². The van der Waals surface area contributed by atoms with E-state index in [0.717, 1.165) is 0 Å². The predicted octanol–water partition coefficient (Wildman–Crippen LogP) is 0.974. The molecule has 0 aromatic rings. The van der Waals surface area contributed by atoms with Gasteiger partial charge in [0.15, 0.2) is 5.96 Å². The summed E-state index contributed by atoms with van der Waals surface area (Å²) in [4.78, 5) is 15.2. The Labute approximate surface area is 114 Å². The normalized spacial score (nSPS) is 12.9. The maximum absolute atomic E-state index is 11.0. The first-order chi connectivity index (χ1) is 6.97. The average Bonchev–Trinajstić information content (AvgIpc) is 2.21. The highest BCUT2D eigenvalue weighted by atomic mass is 127. The number of aliphatic imine (C=N–C) groups is 1. The summed E-state index contributed by atoms with van der Waals surface area (Å²) in [5, 5.41) is 2.88. The molecule has 0 amide bonds. The lowest BCUT2D eigenvalue weighted by atomic mass is 10.2. The zero-order chi connectivity index (χ0) is 11.8. The van der Waals surface area contributed by atoms with E-state index in [0.29, 0.717) is 25.0 Å². The second-order valence-electron chi connectivity index (χ2n) is 3.92. The molecule has 96 valence electrons. The summed E-state index contributed by atoms with van der Waals surface area (Å²) in [7, 11) is 1.37. The van der Waals surface area contributed by atoms with Gasteiger partial charge in [0.1, 0.15) is 0 Å². The predicted molar refractivity (Wildman–Crippen MR) is 75.9 cm³/mol. The molecule has 1 unspecified atom stereocenters. The van der Waals surface area contributed by atoms with Crippen LogP contribution in [-0.2, 0) is 9.53 Å². The van der Waals surface area contributed by atoms with E-state index >= 15 is 0 Å². The van der Waals surface area contributed by atoms with Crippen molar-refractivity contribution >= 4 is 35.9 Å². The van der Waals surface area contributed by atoms with Crippen molar-refractivity contribution in [2.45, 2.75) is 20.8 Å². The molecule has 0 saturated carbocycles. The Morgan fingerprint density at radius 2 is 2.00 bits per heavy atom. The largest absolute Gasteiger partial charge is 0.469 e. The lowest BCUT2D eigenvalue weighted by Crippen LogP contribution is -2.37. The minimum absolute atomic E-state index is 0. The van der Waals surface area contributed by atoms with Crippen LogP contribution >= 0.6 is 24.0 Å². The number of esters is 1. The number of nitrogens with two attached hydrogens (primary N) is 1. The van der Waals surface area contributed by atoms with Crippen LogP contribution in [0.25, 0.3) is 0 Å². The van der Waals surface area contributed by atoms with Crippen LogP contribution in [0.3, 0.4) is 0 Å². The number of hydrogen-bond acceptors (Lipinski definition) is 3. The summed E-state index contributed by atoms with van der Waals surface area (Å²) in [6.07, 6.45) is 0. The summed E-state index contributed by atoms with van der Waals surface area (Å²) in [6, 6.07) is 0. The first-order valence-electron chi connectivity index (χ1n) is 5.09. The molecule has 0 bridgehead atoms. The minimum Gasteiger partial charge on any atom is -0.469 e. The molecule has 0 aromatic carbocycles. The smallest absolute Gasteiger partial charge is 0.310 e. The van der Waals surface area contributed by atoms with Crippen molar-refractivity contribution in [2.24, 2.45) is 22.6 Å². The summed E-state index contributed by atoms with van der Waals surface area (Å²) < 4.78 is 4.58. The Morgan fingerprint density at radius 1 is 1.44 bits per heavy atom. The number of rotatable bonds is 5. The molecule has 0 aliphatic rings. The number of nitrogens with one attached hydrogen (secondary N) is 1. The zero-order valence-corrected chi connectivity index (χ0v) is 12.6. The second-order valence-corrected chi connectivity index (χ2v) is 3.92. The van der Waals surface area contributed by atoms with Gasteiger partial charge in [-0.3, -0.25) is 9.79 Å². The topological polar surface area (TPSA) is 76.7 Å². The highest BCUT2D eigenvalue weighted by Crippen LogP contribution is 1.95. The van der Waals surface area contributed by atoms with Gasteiger partial charge in [-0.05, 0) is 5.92 Å². The molecule has 3 N–H and O–H groups in total. The fourth-order valence-corrected chi connectivity index (χ4v) is 0.879. The summed E-state index contributed by atoms with van der Waals surface area (Å²) in [5.74, 6) is 0.379. The van der Waals surface area contributed by atoms with Crippen LogP contribution in [0.1, 0.15) is 20.8 Å². The van der Waals surface area contributed by atoms with E-state index < -0.39 is 0 Å². The molecule has 0 spiro atoms. The lowest BCUT2D eigenvalue weighted by Gasteiger charge is -2.11. The van der Waals surface area contributed by atoms with Crippen LogP contribution in [0.4, 0.5) is 0 Å². The van der Waals surface area contributed by atoms with Crippen molar-refractivity contribution < 1.29 is 9.53 Å². The molecule has 0 aromatic heterocycles. The summed E-state index contributed by atoms with van der Waals surface area (Å²) in [5.41, 5.74) is 5.60. The molecule has 6 heteroatoms. The molecule has 1 atom stereocenters. The van der Waals surface area contributed by atoms with Crippen LogP contribution in [0.15, 0.2) is 4.99 Å². The van der Waals surface area contributed by atoms with E-state index in [1.807, 2.05) is 0 Å². The number of halogens is 1. The highest BCUT2D eigenvalue weighted by molar-refractivity contribution is 14.0. The fraction of sp³-hybridized carbons (Fsp3) is 0.800. The standard InChI is InChI=1S/C10H21N3O2.HI/c1-7(2)5-12-10(11)13-6-8(3)9(14)15-4;/h7-8H,5-6H2,1-4H3,(H3,11,12,13);1H. The Bertz CT molecular complexity index is 232. The number of guanidine groups is 1. The molecular weight excluding hydrogens is 321 g/mol. The number of nitrogens with zero attached hydrogens (tertiary/aromatic N) is 1. The van der Waals surface area contributed by atoms with Crippen LogP contribution in [-0.4, -0.2) is 32.1 Å². The van der Waals surface area contributed by atoms with E-state index in [4.69, 9.17) is 5.73 Å². The highest BCUT2D eigenvalue weighted by Gasteiger charge is 2.12. The van der Waals surface area contributed by atoms with Gasteiger partial charge in [-0.25, -0.2) is 0 Å². The number of ether oxygens (including phenoxy) is 1. The number of carbonyl (C=O) groups is 1. The van der Waals surface area contributed by atoms with Crippen molar-refractivity contribution in [3.05, 3.63) is 0 Å². The van der Waals surface area contributed by atoms with Gasteiger partial charge in [0.25, 0.3) is 0 Å². The maximum atomic E-state index is 11.0. The van der Waals surface area contributed by atoms with Crippen LogP contribution in [0, 0.1) is 11.8 Å². The third-order valence-corrected chi connectivity index (χ3v) is 1.82.